The van der Waals surface area contributed by atoms with Crippen LogP contribution in [0.4, 0.5) is 14.9 Å². The average molecular weight is 462 g/mol. The predicted octanol–water partition coefficient (Wildman–Crippen LogP) is 4.51. The molecule has 3 amide bonds. The molecule has 2 aromatic rings. The summed E-state index contributed by atoms with van der Waals surface area (Å²) in [6.07, 6.45) is 7.96. The molecule has 0 saturated carbocycles. The van der Waals surface area contributed by atoms with Gasteiger partial charge in [0.15, 0.2) is 0 Å². The van der Waals surface area contributed by atoms with E-state index >= 15 is 0 Å². The van der Waals surface area contributed by atoms with Crippen molar-refractivity contribution in [1.29, 1.82) is 0 Å². The largest absolute Gasteiger partial charge is 0.380 e. The van der Waals surface area contributed by atoms with Crippen LogP contribution in [0.25, 0.3) is 0 Å². The Morgan fingerprint density at radius 1 is 1.09 bits per heavy atom. The second kappa shape index (κ2) is 10.4. The van der Waals surface area contributed by atoms with Crippen molar-refractivity contribution in [1.82, 2.24) is 10.2 Å². The molecule has 0 aliphatic carbocycles. The zero-order valence-electron chi connectivity index (χ0n) is 19.1. The minimum Gasteiger partial charge on any atom is -0.380 e. The fraction of sp³-hybridized carbons (Fsp3) is 0.417. The van der Waals surface area contributed by atoms with Gasteiger partial charge in [0.2, 0.25) is 0 Å². The minimum atomic E-state index is -1.23. The molecule has 6 nitrogen and oxygen atoms in total. The lowest BCUT2D eigenvalue weighted by Gasteiger charge is -2.27. The second-order valence-corrected chi connectivity index (χ2v) is 12.8. The quantitative estimate of drug-likeness (QED) is 0.637. The highest BCUT2D eigenvalue weighted by Gasteiger charge is 2.27. The summed E-state index contributed by atoms with van der Waals surface area (Å²) < 4.78 is 19.8. The summed E-state index contributed by atoms with van der Waals surface area (Å²) in [5.41, 5.74) is 1.96. The van der Waals surface area contributed by atoms with E-state index in [1.807, 2.05) is 30.9 Å². The molecular formula is C24H32FN3O3S. The van der Waals surface area contributed by atoms with Crippen molar-refractivity contribution < 1.29 is 18.7 Å². The zero-order valence-corrected chi connectivity index (χ0v) is 19.9. The molecule has 32 heavy (non-hydrogen) atoms. The number of benzene rings is 2. The van der Waals surface area contributed by atoms with Gasteiger partial charge < -0.3 is 20.3 Å². The van der Waals surface area contributed by atoms with Gasteiger partial charge in [-0.15, -0.1) is 0 Å². The minimum absolute atomic E-state index is 0.276. The molecule has 2 N–H and O–H groups in total. The smallest absolute Gasteiger partial charge is 0.318 e. The van der Waals surface area contributed by atoms with Crippen LogP contribution in [0.5, 0.6) is 0 Å². The summed E-state index contributed by atoms with van der Waals surface area (Å²) in [5.74, 6) is -0.765. The van der Waals surface area contributed by atoms with Crippen LogP contribution in [-0.2, 0) is 16.1 Å². The number of nitrogens with one attached hydrogen (secondary N) is 2. The summed E-state index contributed by atoms with van der Waals surface area (Å²) in [5, 5.41) is 5.62. The Morgan fingerprint density at radius 2 is 1.75 bits per heavy atom. The number of halogens is 1. The molecule has 0 aromatic heterocycles. The molecule has 1 heterocycles. The third-order valence-electron chi connectivity index (χ3n) is 5.41. The molecule has 1 aliphatic rings. The van der Waals surface area contributed by atoms with Crippen LogP contribution < -0.4 is 10.6 Å². The van der Waals surface area contributed by atoms with Crippen LogP contribution in [0.3, 0.4) is 0 Å². The number of ether oxygens (including phenoxy) is 1. The molecule has 174 valence electrons. The molecule has 1 aliphatic heterocycles. The van der Waals surface area contributed by atoms with E-state index in [9.17, 15) is 14.0 Å². The number of methoxy groups -OCH3 is 1. The molecule has 0 radical (unpaired) electrons. The van der Waals surface area contributed by atoms with Gasteiger partial charge in [0.1, 0.15) is 11.9 Å². The fourth-order valence-corrected chi connectivity index (χ4v) is 4.82. The van der Waals surface area contributed by atoms with E-state index in [1.54, 1.807) is 36.3 Å². The SMILES string of the molecule is COCc1ccc([C@@H](NC(=O)N2CCCC2)C(=O)Nc2ccc(S(C)(C)C)c(F)c2)cc1. The van der Waals surface area contributed by atoms with Crippen LogP contribution in [0, 0.1) is 5.82 Å². The normalized spacial score (nSPS) is 15.3. The lowest BCUT2D eigenvalue weighted by Crippen LogP contribution is -2.44. The molecule has 1 atom stereocenters. The number of carbonyl (C=O) groups excluding carboxylic acids is 2. The highest BCUT2D eigenvalue weighted by atomic mass is 32.3. The Kier molecular flexibility index (Phi) is 7.79. The third kappa shape index (κ3) is 6.01. The summed E-state index contributed by atoms with van der Waals surface area (Å²) >= 11 is 0. The Hall–Kier alpha value is -2.58. The second-order valence-electron chi connectivity index (χ2n) is 8.72. The van der Waals surface area contributed by atoms with Gasteiger partial charge in [0.25, 0.3) is 5.91 Å². The Balaban J connectivity index is 1.82. The summed E-state index contributed by atoms with van der Waals surface area (Å²) in [6.45, 7) is 1.81. The van der Waals surface area contributed by atoms with Crippen molar-refractivity contribution in [3.05, 3.63) is 59.4 Å². The number of hydrogen-bond donors (Lipinski definition) is 2. The van der Waals surface area contributed by atoms with Crippen molar-refractivity contribution in [3.8, 4) is 0 Å². The number of urea groups is 1. The van der Waals surface area contributed by atoms with Gasteiger partial charge >= 0.3 is 6.03 Å². The molecule has 0 unspecified atom stereocenters. The molecule has 8 heteroatoms. The van der Waals surface area contributed by atoms with E-state index in [4.69, 9.17) is 4.74 Å². The lowest BCUT2D eigenvalue weighted by molar-refractivity contribution is -0.118. The Bertz CT molecular complexity index is 954. The summed E-state index contributed by atoms with van der Waals surface area (Å²) in [4.78, 5) is 28.3. The summed E-state index contributed by atoms with van der Waals surface area (Å²) in [7, 11) is 0.384. The van der Waals surface area contributed by atoms with Gasteiger partial charge in [-0.2, -0.15) is 0 Å². The van der Waals surface area contributed by atoms with E-state index in [2.05, 4.69) is 10.6 Å². The predicted molar refractivity (Wildman–Crippen MR) is 128 cm³/mol. The number of amides is 3. The standard InChI is InChI=1S/C24H32FN3O3S/c1-31-16-17-7-9-18(10-8-17)22(27-24(30)28-13-5-6-14-28)23(29)26-19-11-12-21(20(25)15-19)32(2,3)4/h7-12,15,22H,5-6,13-14,16H2,1-4H3,(H,26,29)(H,27,30)/t22-/m1/s1. The molecule has 0 spiro atoms. The number of hydrogen-bond acceptors (Lipinski definition) is 3. The van der Waals surface area contributed by atoms with Crippen molar-refractivity contribution in [2.24, 2.45) is 0 Å². The number of anilines is 1. The third-order valence-corrected chi connectivity index (χ3v) is 7.06. The van der Waals surface area contributed by atoms with Crippen molar-refractivity contribution in [2.45, 2.75) is 30.4 Å². The molecule has 2 aromatic carbocycles. The Morgan fingerprint density at radius 3 is 2.31 bits per heavy atom. The first-order valence-corrected chi connectivity index (χ1v) is 13.5. The number of rotatable bonds is 7. The van der Waals surface area contributed by atoms with E-state index in [-0.39, 0.29) is 11.8 Å². The van der Waals surface area contributed by atoms with E-state index in [1.165, 1.54) is 6.07 Å². The van der Waals surface area contributed by atoms with Crippen LogP contribution in [0.2, 0.25) is 0 Å². The van der Waals surface area contributed by atoms with E-state index in [0.29, 0.717) is 35.8 Å². The average Bonchev–Trinajstić information content (AvgIpc) is 3.27. The maximum absolute atomic E-state index is 14.6. The topological polar surface area (TPSA) is 70.7 Å². The van der Waals surface area contributed by atoms with Crippen LogP contribution in [-0.4, -0.2) is 55.8 Å². The van der Waals surface area contributed by atoms with Gasteiger partial charge in [0.05, 0.1) is 6.61 Å². The first kappa shape index (κ1) is 24.1. The molecule has 3 rings (SSSR count). The van der Waals surface area contributed by atoms with Crippen LogP contribution >= 0.6 is 10.0 Å². The van der Waals surface area contributed by atoms with Gasteiger partial charge in [-0.3, -0.25) is 4.79 Å². The summed E-state index contributed by atoms with van der Waals surface area (Å²) in [6, 6.07) is 10.9. The number of likely N-dealkylation sites (tertiary alicyclic amines) is 1. The van der Waals surface area contributed by atoms with Crippen LogP contribution in [0.1, 0.15) is 30.0 Å². The van der Waals surface area contributed by atoms with Gasteiger partial charge in [-0.25, -0.2) is 19.2 Å². The van der Waals surface area contributed by atoms with Crippen molar-refractivity contribution in [2.75, 3.05) is 44.3 Å². The van der Waals surface area contributed by atoms with E-state index in [0.717, 1.165) is 18.4 Å². The highest BCUT2D eigenvalue weighted by Crippen LogP contribution is 2.46. The molecule has 1 fully saturated rings. The monoisotopic (exact) mass is 461 g/mol. The number of carbonyl (C=O) groups is 2. The first-order chi connectivity index (χ1) is 15.2. The molecular weight excluding hydrogens is 429 g/mol. The zero-order chi connectivity index (χ0) is 23.3. The van der Waals surface area contributed by atoms with E-state index < -0.39 is 22.0 Å². The lowest BCUT2D eigenvalue weighted by atomic mass is 10.0. The van der Waals surface area contributed by atoms with Crippen molar-refractivity contribution in [3.63, 3.8) is 0 Å². The Labute approximate surface area is 190 Å². The maximum Gasteiger partial charge on any atom is 0.318 e. The van der Waals surface area contributed by atoms with Gasteiger partial charge in [-0.05, 0) is 60.9 Å². The molecule has 0 bridgehead atoms. The first-order valence-electron chi connectivity index (χ1n) is 10.6. The fourth-order valence-electron chi connectivity index (χ4n) is 3.70. The maximum atomic E-state index is 14.6. The number of nitrogens with zero attached hydrogens (tertiary/aromatic N) is 1. The van der Waals surface area contributed by atoms with Gasteiger partial charge in [0, 0.05) is 30.8 Å². The van der Waals surface area contributed by atoms with Crippen molar-refractivity contribution >= 4 is 27.7 Å². The highest BCUT2D eigenvalue weighted by molar-refractivity contribution is 8.32. The molecule has 1 saturated heterocycles. The van der Waals surface area contributed by atoms with Gasteiger partial charge in [-0.1, -0.05) is 24.3 Å². The van der Waals surface area contributed by atoms with Crippen LogP contribution in [0.15, 0.2) is 47.4 Å².